The molecule has 0 spiro atoms. The maximum absolute atomic E-state index is 12.2. The number of guanidine groups is 1. The normalized spacial score (nSPS) is 11.9. The van der Waals surface area contributed by atoms with Crippen LogP contribution in [0, 0.1) is 10.1 Å². The molecule has 0 atom stereocenters. The Morgan fingerprint density at radius 1 is 1.14 bits per heavy atom. The van der Waals surface area contributed by atoms with Crippen molar-refractivity contribution in [3.8, 4) is 0 Å². The molecule has 150 valence electrons. The number of sulfonamides is 1. The van der Waals surface area contributed by atoms with Gasteiger partial charge in [-0.15, -0.1) is 0 Å². The van der Waals surface area contributed by atoms with Gasteiger partial charge in [-0.3, -0.25) is 15.1 Å². The zero-order chi connectivity index (χ0) is 20.6. The predicted octanol–water partition coefficient (Wildman–Crippen LogP) is 1.89. The number of nitro groups is 1. The molecule has 28 heavy (non-hydrogen) atoms. The number of non-ortho nitro benzene ring substituents is 1. The van der Waals surface area contributed by atoms with Crippen LogP contribution < -0.4 is 15.4 Å². The van der Waals surface area contributed by atoms with Gasteiger partial charge in [-0.1, -0.05) is 29.8 Å². The topological polar surface area (TPSA) is 126 Å². The second-order valence-corrected chi connectivity index (χ2v) is 7.83. The van der Waals surface area contributed by atoms with Crippen LogP contribution in [0.3, 0.4) is 0 Å². The smallest absolute Gasteiger partial charge is 0.270 e. The zero-order valence-electron chi connectivity index (χ0n) is 15.1. The first-order chi connectivity index (χ1) is 13.3. The monoisotopic (exact) mass is 425 g/mol. The molecule has 2 rings (SSSR count). The predicted molar refractivity (Wildman–Crippen MR) is 108 cm³/mol. The number of nitrogens with zero attached hydrogens (tertiary/aromatic N) is 2. The lowest BCUT2D eigenvalue weighted by atomic mass is 10.2. The Hall–Kier alpha value is -2.69. The van der Waals surface area contributed by atoms with E-state index in [-0.39, 0.29) is 23.7 Å². The lowest BCUT2D eigenvalue weighted by Crippen LogP contribution is -2.41. The third-order valence-corrected chi connectivity index (χ3v) is 5.36. The molecule has 0 heterocycles. The molecular weight excluding hydrogens is 406 g/mol. The Labute approximate surface area is 168 Å². The van der Waals surface area contributed by atoms with Crippen LogP contribution in [0.25, 0.3) is 0 Å². The zero-order valence-corrected chi connectivity index (χ0v) is 16.6. The number of benzene rings is 2. The fraction of sp³-hybridized carbons (Fsp3) is 0.235. The standard InChI is InChI=1S/C17H20ClN5O4S/c1-19-17(21-12-13-5-7-14(18)8-6-13)20-9-10-22-28(26,27)16-4-2-3-15(11-16)23(24)25/h2-8,11,22H,9-10,12H2,1H3,(H2,19,20,21). The van der Waals surface area contributed by atoms with Crippen molar-refractivity contribution >= 4 is 33.3 Å². The highest BCUT2D eigenvalue weighted by Gasteiger charge is 2.17. The van der Waals surface area contributed by atoms with Crippen LogP contribution in [-0.2, 0) is 16.6 Å². The Morgan fingerprint density at radius 2 is 1.86 bits per heavy atom. The summed E-state index contributed by atoms with van der Waals surface area (Å²) < 4.78 is 26.9. The van der Waals surface area contributed by atoms with E-state index in [1.807, 2.05) is 12.1 Å². The Kier molecular flexibility index (Phi) is 7.73. The molecule has 2 aromatic carbocycles. The van der Waals surface area contributed by atoms with Gasteiger partial charge in [-0.25, -0.2) is 13.1 Å². The first kappa shape index (κ1) is 21.6. The summed E-state index contributed by atoms with van der Waals surface area (Å²) in [5, 5.41) is 17.5. The number of hydrogen-bond acceptors (Lipinski definition) is 5. The summed E-state index contributed by atoms with van der Waals surface area (Å²) in [6, 6.07) is 12.2. The van der Waals surface area contributed by atoms with Crippen molar-refractivity contribution in [2.45, 2.75) is 11.4 Å². The second-order valence-electron chi connectivity index (χ2n) is 5.63. The number of nitrogens with one attached hydrogen (secondary N) is 3. The van der Waals surface area contributed by atoms with Crippen molar-refractivity contribution in [3.05, 3.63) is 69.2 Å². The van der Waals surface area contributed by atoms with E-state index in [0.29, 0.717) is 17.5 Å². The van der Waals surface area contributed by atoms with Gasteiger partial charge in [-0.05, 0) is 23.8 Å². The Morgan fingerprint density at radius 3 is 2.50 bits per heavy atom. The minimum Gasteiger partial charge on any atom is -0.355 e. The lowest BCUT2D eigenvalue weighted by Gasteiger charge is -2.12. The number of aliphatic imine (C=N–C) groups is 1. The third-order valence-electron chi connectivity index (χ3n) is 3.65. The van der Waals surface area contributed by atoms with Crippen molar-refractivity contribution in [3.63, 3.8) is 0 Å². The van der Waals surface area contributed by atoms with E-state index in [0.717, 1.165) is 11.6 Å². The molecule has 0 fully saturated rings. The fourth-order valence-electron chi connectivity index (χ4n) is 2.22. The molecule has 0 unspecified atom stereocenters. The highest BCUT2D eigenvalue weighted by molar-refractivity contribution is 7.89. The van der Waals surface area contributed by atoms with E-state index in [2.05, 4.69) is 20.3 Å². The number of halogens is 1. The van der Waals surface area contributed by atoms with Crippen molar-refractivity contribution in [2.75, 3.05) is 20.1 Å². The summed E-state index contributed by atoms with van der Waals surface area (Å²) in [7, 11) is -2.25. The van der Waals surface area contributed by atoms with Gasteiger partial charge in [0.1, 0.15) is 0 Å². The Bertz CT molecular complexity index is 948. The molecule has 11 heteroatoms. The van der Waals surface area contributed by atoms with Gasteiger partial charge in [0, 0.05) is 43.8 Å². The minimum atomic E-state index is -3.85. The molecule has 0 aromatic heterocycles. The second kappa shape index (κ2) is 10.0. The van der Waals surface area contributed by atoms with Gasteiger partial charge in [0.25, 0.3) is 5.69 Å². The van der Waals surface area contributed by atoms with E-state index >= 15 is 0 Å². The van der Waals surface area contributed by atoms with Crippen molar-refractivity contribution in [2.24, 2.45) is 4.99 Å². The quantitative estimate of drug-likeness (QED) is 0.195. The first-order valence-corrected chi connectivity index (χ1v) is 10.1. The fourth-order valence-corrected chi connectivity index (χ4v) is 3.42. The minimum absolute atomic E-state index is 0.0761. The summed E-state index contributed by atoms with van der Waals surface area (Å²) in [6.07, 6.45) is 0. The molecule has 0 amide bonds. The van der Waals surface area contributed by atoms with Gasteiger partial charge < -0.3 is 10.6 Å². The van der Waals surface area contributed by atoms with Crippen LogP contribution in [0.15, 0.2) is 58.4 Å². The Balaban J connectivity index is 1.82. The van der Waals surface area contributed by atoms with E-state index in [9.17, 15) is 18.5 Å². The van der Waals surface area contributed by atoms with Crippen LogP contribution in [0.4, 0.5) is 5.69 Å². The van der Waals surface area contributed by atoms with Crippen LogP contribution in [0.2, 0.25) is 5.02 Å². The van der Waals surface area contributed by atoms with Gasteiger partial charge in [-0.2, -0.15) is 0 Å². The van der Waals surface area contributed by atoms with E-state index in [1.54, 1.807) is 19.2 Å². The van der Waals surface area contributed by atoms with E-state index < -0.39 is 14.9 Å². The van der Waals surface area contributed by atoms with Crippen LogP contribution in [-0.4, -0.2) is 39.4 Å². The molecule has 0 bridgehead atoms. The van der Waals surface area contributed by atoms with E-state index in [1.165, 1.54) is 18.2 Å². The molecule has 0 saturated carbocycles. The summed E-state index contributed by atoms with van der Waals surface area (Å²) in [4.78, 5) is 14.0. The average Bonchev–Trinajstić information content (AvgIpc) is 2.68. The summed E-state index contributed by atoms with van der Waals surface area (Å²) in [5.41, 5.74) is 0.728. The number of rotatable bonds is 8. The molecule has 0 aliphatic carbocycles. The van der Waals surface area contributed by atoms with Crippen molar-refractivity contribution < 1.29 is 13.3 Å². The first-order valence-electron chi connectivity index (χ1n) is 8.25. The highest BCUT2D eigenvalue weighted by atomic mass is 35.5. The summed E-state index contributed by atoms with van der Waals surface area (Å²) in [6.45, 7) is 0.872. The van der Waals surface area contributed by atoms with Gasteiger partial charge >= 0.3 is 0 Å². The van der Waals surface area contributed by atoms with E-state index in [4.69, 9.17) is 11.6 Å². The molecule has 3 N–H and O–H groups in total. The average molecular weight is 426 g/mol. The molecule has 0 aliphatic heterocycles. The SMILES string of the molecule is CN=C(NCCNS(=O)(=O)c1cccc([N+](=O)[O-])c1)NCc1ccc(Cl)cc1. The molecule has 0 radical (unpaired) electrons. The molecule has 0 saturated heterocycles. The van der Waals surface area contributed by atoms with Crippen molar-refractivity contribution in [1.82, 2.24) is 15.4 Å². The third kappa shape index (κ3) is 6.48. The maximum Gasteiger partial charge on any atom is 0.270 e. The summed E-state index contributed by atoms with van der Waals surface area (Å²) in [5.74, 6) is 0.504. The summed E-state index contributed by atoms with van der Waals surface area (Å²) >= 11 is 5.85. The van der Waals surface area contributed by atoms with Crippen LogP contribution >= 0.6 is 11.6 Å². The molecule has 0 aliphatic rings. The number of hydrogen-bond donors (Lipinski definition) is 3. The van der Waals surface area contributed by atoms with Crippen LogP contribution in [0.5, 0.6) is 0 Å². The van der Waals surface area contributed by atoms with Crippen molar-refractivity contribution in [1.29, 1.82) is 0 Å². The van der Waals surface area contributed by atoms with Gasteiger partial charge in [0.05, 0.1) is 9.82 Å². The van der Waals surface area contributed by atoms with Crippen LogP contribution in [0.1, 0.15) is 5.56 Å². The maximum atomic E-state index is 12.2. The largest absolute Gasteiger partial charge is 0.355 e. The molecule has 9 nitrogen and oxygen atoms in total. The lowest BCUT2D eigenvalue weighted by molar-refractivity contribution is -0.385. The highest BCUT2D eigenvalue weighted by Crippen LogP contribution is 2.16. The number of nitro benzene ring substituents is 1. The van der Waals surface area contributed by atoms with Gasteiger partial charge in [0.2, 0.25) is 10.0 Å². The molecular formula is C17H20ClN5O4S. The van der Waals surface area contributed by atoms with Gasteiger partial charge in [0.15, 0.2) is 5.96 Å². The molecule has 2 aromatic rings.